The van der Waals surface area contributed by atoms with Gasteiger partial charge in [-0.2, -0.15) is 0 Å². The van der Waals surface area contributed by atoms with Crippen molar-refractivity contribution in [3.63, 3.8) is 0 Å². The van der Waals surface area contributed by atoms with E-state index in [0.717, 1.165) is 29.9 Å². The molecule has 0 heterocycles. The fraction of sp³-hybridized carbons (Fsp3) is 0.167. The molecule has 0 aromatic heterocycles. The predicted octanol–water partition coefficient (Wildman–Crippen LogP) is 4.54. The maximum absolute atomic E-state index is 13.5. The highest BCUT2D eigenvalue weighted by molar-refractivity contribution is 6.02. The summed E-state index contributed by atoms with van der Waals surface area (Å²) < 4.78 is 44.8. The molecule has 0 bridgehead atoms. The maximum Gasteiger partial charge on any atom is 0.248 e. The van der Waals surface area contributed by atoms with Crippen molar-refractivity contribution in [1.29, 1.82) is 0 Å². The number of carbonyl (C=O) groups is 1. The van der Waals surface area contributed by atoms with Gasteiger partial charge in [0.25, 0.3) is 0 Å². The van der Waals surface area contributed by atoms with Crippen molar-refractivity contribution in [2.24, 2.45) is 0 Å². The standard InChI is InChI=1S/C18H16F3NO2/c1-2-11-24-13-6-3-12(4-7-13)5-10-16(23)22-15-9-8-14(19)17(20)18(15)21/h3-10H,2,11H2,1H3,(H,22,23)/b10-5+. The molecule has 0 saturated heterocycles. The van der Waals surface area contributed by atoms with Gasteiger partial charge >= 0.3 is 0 Å². The predicted molar refractivity (Wildman–Crippen MR) is 86.2 cm³/mol. The average Bonchev–Trinajstić information content (AvgIpc) is 2.59. The van der Waals surface area contributed by atoms with Crippen molar-refractivity contribution in [3.05, 3.63) is 65.5 Å². The summed E-state index contributed by atoms with van der Waals surface area (Å²) in [5.74, 6) is -4.31. The summed E-state index contributed by atoms with van der Waals surface area (Å²) in [4.78, 5) is 11.7. The minimum Gasteiger partial charge on any atom is -0.494 e. The molecule has 0 radical (unpaired) electrons. The first kappa shape index (κ1) is 17.6. The van der Waals surface area contributed by atoms with Gasteiger partial charge in [0.15, 0.2) is 17.5 Å². The molecule has 1 amide bonds. The van der Waals surface area contributed by atoms with E-state index in [-0.39, 0.29) is 0 Å². The molecule has 0 spiro atoms. The third kappa shape index (κ3) is 4.62. The van der Waals surface area contributed by atoms with Gasteiger partial charge in [0.1, 0.15) is 5.75 Å². The van der Waals surface area contributed by atoms with Crippen molar-refractivity contribution in [1.82, 2.24) is 0 Å². The highest BCUT2D eigenvalue weighted by Gasteiger charge is 2.14. The van der Waals surface area contributed by atoms with Crippen LogP contribution in [0.1, 0.15) is 18.9 Å². The lowest BCUT2D eigenvalue weighted by molar-refractivity contribution is -0.111. The van der Waals surface area contributed by atoms with E-state index in [2.05, 4.69) is 5.32 Å². The highest BCUT2D eigenvalue weighted by Crippen LogP contribution is 2.19. The first-order valence-electron chi connectivity index (χ1n) is 7.36. The zero-order valence-electron chi connectivity index (χ0n) is 13.0. The molecule has 0 aliphatic carbocycles. The average molecular weight is 335 g/mol. The van der Waals surface area contributed by atoms with E-state index in [1.165, 1.54) is 12.2 Å². The quantitative estimate of drug-likeness (QED) is 0.621. The van der Waals surface area contributed by atoms with E-state index in [0.29, 0.717) is 6.61 Å². The molecular weight excluding hydrogens is 319 g/mol. The van der Waals surface area contributed by atoms with Crippen LogP contribution in [0.4, 0.5) is 18.9 Å². The lowest BCUT2D eigenvalue weighted by Crippen LogP contribution is -2.10. The third-order valence-electron chi connectivity index (χ3n) is 3.07. The Balaban J connectivity index is 1.99. The van der Waals surface area contributed by atoms with Crippen molar-refractivity contribution >= 4 is 17.7 Å². The molecule has 0 unspecified atom stereocenters. The van der Waals surface area contributed by atoms with Crippen molar-refractivity contribution in [3.8, 4) is 5.75 Å². The van der Waals surface area contributed by atoms with Crippen LogP contribution < -0.4 is 10.1 Å². The first-order valence-corrected chi connectivity index (χ1v) is 7.36. The second kappa shape index (κ2) is 8.19. The summed E-state index contributed by atoms with van der Waals surface area (Å²) in [5.41, 5.74) is 0.312. The van der Waals surface area contributed by atoms with Gasteiger partial charge in [-0.25, -0.2) is 13.2 Å². The lowest BCUT2D eigenvalue weighted by atomic mass is 10.2. The van der Waals surface area contributed by atoms with Crippen LogP contribution in [0.15, 0.2) is 42.5 Å². The van der Waals surface area contributed by atoms with Gasteiger partial charge in [-0.05, 0) is 42.3 Å². The molecule has 0 fully saturated rings. The van der Waals surface area contributed by atoms with E-state index >= 15 is 0 Å². The van der Waals surface area contributed by atoms with Gasteiger partial charge < -0.3 is 10.1 Å². The topological polar surface area (TPSA) is 38.3 Å². The maximum atomic E-state index is 13.5. The van der Waals surface area contributed by atoms with Gasteiger partial charge in [-0.15, -0.1) is 0 Å². The molecule has 1 N–H and O–H groups in total. The van der Waals surface area contributed by atoms with Crippen LogP contribution in [0.3, 0.4) is 0 Å². The smallest absolute Gasteiger partial charge is 0.248 e. The molecule has 3 nitrogen and oxygen atoms in total. The van der Waals surface area contributed by atoms with Gasteiger partial charge in [0.05, 0.1) is 12.3 Å². The normalized spacial score (nSPS) is 10.8. The van der Waals surface area contributed by atoms with Crippen molar-refractivity contribution < 1.29 is 22.7 Å². The molecule has 2 aromatic rings. The van der Waals surface area contributed by atoms with Gasteiger partial charge in [-0.3, -0.25) is 4.79 Å². The third-order valence-corrected chi connectivity index (χ3v) is 3.07. The summed E-state index contributed by atoms with van der Waals surface area (Å²) in [6.45, 7) is 2.63. The molecule has 24 heavy (non-hydrogen) atoms. The minimum absolute atomic E-state index is 0.424. The zero-order chi connectivity index (χ0) is 17.5. The van der Waals surface area contributed by atoms with Crippen LogP contribution in [-0.4, -0.2) is 12.5 Å². The van der Waals surface area contributed by atoms with Crippen LogP contribution in [0.25, 0.3) is 6.08 Å². The van der Waals surface area contributed by atoms with E-state index in [1.807, 2.05) is 6.92 Å². The highest BCUT2D eigenvalue weighted by atomic mass is 19.2. The number of amides is 1. The Morgan fingerprint density at radius 1 is 1.08 bits per heavy atom. The monoisotopic (exact) mass is 335 g/mol. The lowest BCUT2D eigenvalue weighted by Gasteiger charge is -2.05. The molecule has 0 saturated carbocycles. The van der Waals surface area contributed by atoms with Crippen molar-refractivity contribution in [2.45, 2.75) is 13.3 Å². The fourth-order valence-electron chi connectivity index (χ4n) is 1.86. The SMILES string of the molecule is CCCOc1ccc(/C=C/C(=O)Nc2ccc(F)c(F)c2F)cc1. The van der Waals surface area contributed by atoms with Crippen LogP contribution in [0, 0.1) is 17.5 Å². The number of hydrogen-bond acceptors (Lipinski definition) is 2. The zero-order valence-corrected chi connectivity index (χ0v) is 13.0. The van der Waals surface area contributed by atoms with Crippen LogP contribution in [-0.2, 0) is 4.79 Å². The summed E-state index contributed by atoms with van der Waals surface area (Å²) in [5, 5.41) is 2.16. The van der Waals surface area contributed by atoms with E-state index in [9.17, 15) is 18.0 Å². The second-order valence-corrected chi connectivity index (χ2v) is 4.96. The minimum atomic E-state index is -1.63. The summed E-state index contributed by atoms with van der Waals surface area (Å²) >= 11 is 0. The Kier molecular flexibility index (Phi) is 6.01. The Bertz CT molecular complexity index is 743. The summed E-state index contributed by atoms with van der Waals surface area (Å²) in [6.07, 6.45) is 3.59. The number of halogens is 3. The number of hydrogen-bond donors (Lipinski definition) is 1. The Hall–Kier alpha value is -2.76. The molecule has 0 atom stereocenters. The molecule has 2 aromatic carbocycles. The molecule has 126 valence electrons. The summed E-state index contributed by atoms with van der Waals surface area (Å²) in [7, 11) is 0. The Labute approximate surface area is 137 Å². The number of ether oxygens (including phenoxy) is 1. The molecule has 6 heteroatoms. The largest absolute Gasteiger partial charge is 0.494 e. The summed E-state index contributed by atoms with van der Waals surface area (Å²) in [6, 6.07) is 8.75. The van der Waals surface area contributed by atoms with E-state index in [1.54, 1.807) is 24.3 Å². The first-order chi connectivity index (χ1) is 11.5. The van der Waals surface area contributed by atoms with Gasteiger partial charge in [0.2, 0.25) is 5.91 Å². The number of anilines is 1. The molecule has 0 aliphatic rings. The van der Waals surface area contributed by atoms with Gasteiger partial charge in [-0.1, -0.05) is 19.1 Å². The van der Waals surface area contributed by atoms with Crippen LogP contribution in [0.5, 0.6) is 5.75 Å². The molecule has 2 rings (SSSR count). The van der Waals surface area contributed by atoms with E-state index < -0.39 is 29.0 Å². The number of rotatable bonds is 6. The fourth-order valence-corrected chi connectivity index (χ4v) is 1.86. The Morgan fingerprint density at radius 3 is 2.46 bits per heavy atom. The molecular formula is C18H16F3NO2. The number of nitrogens with one attached hydrogen (secondary N) is 1. The Morgan fingerprint density at radius 2 is 1.79 bits per heavy atom. The van der Waals surface area contributed by atoms with Crippen LogP contribution >= 0.6 is 0 Å². The number of benzene rings is 2. The van der Waals surface area contributed by atoms with E-state index in [4.69, 9.17) is 4.74 Å². The second-order valence-electron chi connectivity index (χ2n) is 4.96. The number of carbonyl (C=O) groups excluding carboxylic acids is 1. The van der Waals surface area contributed by atoms with Gasteiger partial charge in [0, 0.05) is 6.08 Å². The molecule has 0 aliphatic heterocycles. The van der Waals surface area contributed by atoms with Crippen molar-refractivity contribution in [2.75, 3.05) is 11.9 Å². The van der Waals surface area contributed by atoms with Crippen LogP contribution in [0.2, 0.25) is 0 Å².